The molecule has 0 aliphatic carbocycles. The van der Waals surface area contributed by atoms with E-state index < -0.39 is 6.04 Å². The number of nitrogens with zero attached hydrogens (tertiary/aromatic N) is 4. The molecule has 8 nitrogen and oxygen atoms in total. The van der Waals surface area contributed by atoms with Crippen LogP contribution in [0.15, 0.2) is 46.8 Å². The molecule has 1 saturated heterocycles. The summed E-state index contributed by atoms with van der Waals surface area (Å²) in [6, 6.07) is 3.04. The van der Waals surface area contributed by atoms with Crippen molar-refractivity contribution in [2.24, 2.45) is 0 Å². The minimum absolute atomic E-state index is 0.190. The van der Waals surface area contributed by atoms with Gasteiger partial charge in [-0.05, 0) is 38.0 Å². The van der Waals surface area contributed by atoms with Crippen LogP contribution in [0.3, 0.4) is 0 Å². The molecule has 0 spiro atoms. The number of amides is 2. The second-order valence-electron chi connectivity index (χ2n) is 7.13. The van der Waals surface area contributed by atoms with Gasteiger partial charge >= 0.3 is 0 Å². The van der Waals surface area contributed by atoms with Crippen molar-refractivity contribution in [3.63, 3.8) is 0 Å². The normalized spacial score (nSPS) is 16.4. The van der Waals surface area contributed by atoms with Gasteiger partial charge < -0.3 is 14.6 Å². The first-order valence-electron chi connectivity index (χ1n) is 9.84. The van der Waals surface area contributed by atoms with Crippen LogP contribution in [0.2, 0.25) is 0 Å². The van der Waals surface area contributed by atoms with Gasteiger partial charge in [0.25, 0.3) is 0 Å². The summed E-state index contributed by atoms with van der Waals surface area (Å²) >= 11 is 1.64. The molecule has 30 heavy (non-hydrogen) atoms. The highest BCUT2D eigenvalue weighted by molar-refractivity contribution is 7.09. The largest absolute Gasteiger partial charge is 0.465 e. The van der Waals surface area contributed by atoms with E-state index in [1.165, 1.54) is 11.0 Å². The van der Waals surface area contributed by atoms with Gasteiger partial charge in [0, 0.05) is 36.7 Å². The van der Waals surface area contributed by atoms with Gasteiger partial charge in [-0.2, -0.15) is 5.10 Å². The molecule has 1 N–H and O–H groups in total. The van der Waals surface area contributed by atoms with E-state index in [1.807, 2.05) is 18.6 Å². The van der Waals surface area contributed by atoms with Gasteiger partial charge in [0.1, 0.15) is 11.8 Å². The number of nitrogens with one attached hydrogen (secondary N) is 1. The number of aryl methyl sites for hydroxylation is 3. The molecule has 0 aromatic carbocycles. The first-order chi connectivity index (χ1) is 14.6. The predicted octanol–water partition coefficient (Wildman–Crippen LogP) is 3.13. The minimum atomic E-state index is -0.484. The molecular weight excluding hydrogens is 402 g/mol. The zero-order valence-electron chi connectivity index (χ0n) is 16.7. The number of rotatable bonds is 7. The Morgan fingerprint density at radius 2 is 2.33 bits per heavy atom. The molecule has 2 amide bonds. The van der Waals surface area contributed by atoms with E-state index in [2.05, 4.69) is 15.4 Å². The van der Waals surface area contributed by atoms with Crippen molar-refractivity contribution < 1.29 is 14.0 Å². The maximum Gasteiger partial charge on any atom is 0.247 e. The third-order valence-corrected chi connectivity index (χ3v) is 6.08. The topological polar surface area (TPSA) is 93.3 Å². The summed E-state index contributed by atoms with van der Waals surface area (Å²) in [5.74, 6) is 0.217. The molecule has 0 radical (unpaired) electrons. The van der Waals surface area contributed by atoms with Crippen LogP contribution in [0.1, 0.15) is 29.2 Å². The van der Waals surface area contributed by atoms with Crippen LogP contribution in [0.25, 0.3) is 6.08 Å². The number of thiazole rings is 1. The Hall–Kier alpha value is -3.20. The van der Waals surface area contributed by atoms with E-state index in [0.29, 0.717) is 31.0 Å². The molecule has 4 rings (SSSR count). The number of hydrogen-bond acceptors (Lipinski definition) is 6. The number of carbonyl (C=O) groups excluding carboxylic acids is 2. The molecule has 1 aliphatic heterocycles. The third-order valence-electron chi connectivity index (χ3n) is 5.09. The molecule has 1 aliphatic rings. The molecule has 9 heteroatoms. The highest BCUT2D eigenvalue weighted by Gasteiger charge is 2.33. The highest BCUT2D eigenvalue weighted by Crippen LogP contribution is 2.20. The second kappa shape index (κ2) is 9.08. The number of anilines is 1. The lowest BCUT2D eigenvalue weighted by Crippen LogP contribution is -2.42. The van der Waals surface area contributed by atoms with Crippen LogP contribution in [0.4, 0.5) is 5.69 Å². The van der Waals surface area contributed by atoms with E-state index in [4.69, 9.17) is 4.42 Å². The van der Waals surface area contributed by atoms with Crippen molar-refractivity contribution in [2.75, 3.05) is 11.9 Å². The number of furan rings is 1. The quantitative estimate of drug-likeness (QED) is 0.587. The van der Waals surface area contributed by atoms with Crippen LogP contribution in [-0.2, 0) is 22.6 Å². The van der Waals surface area contributed by atoms with Gasteiger partial charge in [0.05, 0.1) is 29.4 Å². The Morgan fingerprint density at radius 3 is 3.10 bits per heavy atom. The van der Waals surface area contributed by atoms with Gasteiger partial charge in [0.2, 0.25) is 11.8 Å². The zero-order valence-corrected chi connectivity index (χ0v) is 17.5. The Labute approximate surface area is 178 Å². The Balaban J connectivity index is 1.33. The summed E-state index contributed by atoms with van der Waals surface area (Å²) < 4.78 is 7.01. The van der Waals surface area contributed by atoms with Crippen LogP contribution in [0, 0.1) is 6.92 Å². The Kier molecular flexibility index (Phi) is 6.08. The van der Waals surface area contributed by atoms with E-state index in [0.717, 1.165) is 18.5 Å². The standard InChI is InChI=1S/C21H23N5O3S/c1-15-19(30-14-22-15)8-10-25-13-16(12-23-25)24-21(28)18-5-2-9-26(18)20(27)7-6-17-4-3-11-29-17/h3-4,6-7,11-14,18H,2,5,8-10H2,1H3,(H,24,28)/b7-6+/t18-/m0/s1. The van der Waals surface area contributed by atoms with Crippen molar-refractivity contribution in [1.29, 1.82) is 0 Å². The molecule has 4 heterocycles. The molecule has 0 unspecified atom stereocenters. The molecular formula is C21H23N5O3S. The summed E-state index contributed by atoms with van der Waals surface area (Å²) in [5.41, 5.74) is 3.52. The van der Waals surface area contributed by atoms with Gasteiger partial charge in [0.15, 0.2) is 0 Å². The molecule has 0 bridgehead atoms. The van der Waals surface area contributed by atoms with Crippen LogP contribution in [-0.4, -0.2) is 44.1 Å². The second-order valence-corrected chi connectivity index (χ2v) is 8.07. The first kappa shape index (κ1) is 20.1. The lowest BCUT2D eigenvalue weighted by Gasteiger charge is -2.22. The average molecular weight is 426 g/mol. The SMILES string of the molecule is Cc1ncsc1CCn1cc(NC(=O)[C@@H]2CCCN2C(=O)/C=C/c2ccco2)cn1. The smallest absolute Gasteiger partial charge is 0.247 e. The van der Waals surface area contributed by atoms with Crippen LogP contribution >= 0.6 is 11.3 Å². The van der Waals surface area contributed by atoms with E-state index in [1.54, 1.807) is 51.6 Å². The van der Waals surface area contributed by atoms with E-state index in [-0.39, 0.29) is 11.8 Å². The lowest BCUT2D eigenvalue weighted by atomic mass is 10.2. The summed E-state index contributed by atoms with van der Waals surface area (Å²) in [5, 5.41) is 7.22. The molecule has 156 valence electrons. The number of likely N-dealkylation sites (tertiary alicyclic amines) is 1. The van der Waals surface area contributed by atoms with Crippen molar-refractivity contribution >= 4 is 34.9 Å². The van der Waals surface area contributed by atoms with E-state index >= 15 is 0 Å². The van der Waals surface area contributed by atoms with Gasteiger partial charge in [-0.15, -0.1) is 11.3 Å². The van der Waals surface area contributed by atoms with Crippen molar-refractivity contribution in [1.82, 2.24) is 19.7 Å². The van der Waals surface area contributed by atoms with Gasteiger partial charge in [-0.1, -0.05) is 0 Å². The maximum atomic E-state index is 12.8. The molecule has 1 fully saturated rings. The Morgan fingerprint density at radius 1 is 1.43 bits per heavy atom. The molecule has 3 aromatic heterocycles. The molecule has 1 atom stereocenters. The highest BCUT2D eigenvalue weighted by atomic mass is 32.1. The van der Waals surface area contributed by atoms with Gasteiger partial charge in [-0.25, -0.2) is 4.98 Å². The third kappa shape index (κ3) is 4.68. The van der Waals surface area contributed by atoms with E-state index in [9.17, 15) is 9.59 Å². The summed E-state index contributed by atoms with van der Waals surface area (Å²) in [7, 11) is 0. The van der Waals surface area contributed by atoms with Crippen molar-refractivity contribution in [3.8, 4) is 0 Å². The van der Waals surface area contributed by atoms with Crippen molar-refractivity contribution in [2.45, 2.75) is 38.8 Å². The number of carbonyl (C=O) groups is 2. The van der Waals surface area contributed by atoms with Crippen LogP contribution < -0.4 is 5.32 Å². The number of aromatic nitrogens is 3. The summed E-state index contributed by atoms with van der Waals surface area (Å²) in [6.45, 7) is 3.27. The molecule has 0 saturated carbocycles. The van der Waals surface area contributed by atoms with Crippen LogP contribution in [0.5, 0.6) is 0 Å². The zero-order chi connectivity index (χ0) is 20.9. The Bertz CT molecular complexity index is 1040. The fourth-order valence-corrected chi connectivity index (χ4v) is 4.27. The predicted molar refractivity (Wildman–Crippen MR) is 114 cm³/mol. The maximum absolute atomic E-state index is 12.8. The van der Waals surface area contributed by atoms with Gasteiger partial charge in [-0.3, -0.25) is 14.3 Å². The first-order valence-corrected chi connectivity index (χ1v) is 10.7. The average Bonchev–Trinajstić information content (AvgIpc) is 3.52. The fraction of sp³-hybridized carbons (Fsp3) is 0.333. The summed E-state index contributed by atoms with van der Waals surface area (Å²) in [6.07, 6.45) is 10.3. The fourth-order valence-electron chi connectivity index (χ4n) is 3.50. The summed E-state index contributed by atoms with van der Waals surface area (Å²) in [4.78, 5) is 32.4. The molecule has 3 aromatic rings. The number of hydrogen-bond donors (Lipinski definition) is 1. The van der Waals surface area contributed by atoms with Crippen molar-refractivity contribution in [3.05, 3.63) is 58.7 Å². The lowest BCUT2D eigenvalue weighted by molar-refractivity contribution is -0.132. The monoisotopic (exact) mass is 425 g/mol. The minimum Gasteiger partial charge on any atom is -0.465 e.